The van der Waals surface area contributed by atoms with Crippen LogP contribution in [-0.4, -0.2) is 4.98 Å². The van der Waals surface area contributed by atoms with E-state index in [4.69, 9.17) is 4.42 Å². The van der Waals surface area contributed by atoms with Gasteiger partial charge in [-0.1, -0.05) is 183 Å². The van der Waals surface area contributed by atoms with E-state index >= 15 is 0 Å². The number of nitrogens with zero attached hydrogens (tertiary/aromatic N) is 1. The Morgan fingerprint density at radius 2 is 0.881 bits per heavy atom. The maximum atomic E-state index is 7.05. The van der Waals surface area contributed by atoms with Crippen LogP contribution in [0.1, 0.15) is 132 Å². The quantitative estimate of drug-likeness (QED) is 0.180. The average Bonchev–Trinajstić information content (AvgIpc) is 3.83. The first-order valence-electron chi connectivity index (χ1n) is 24.2. The van der Waals surface area contributed by atoms with Crippen LogP contribution in [0.5, 0.6) is 0 Å². The highest BCUT2D eigenvalue weighted by atomic mass is 16.3. The molecule has 0 atom stereocenters. The summed E-state index contributed by atoms with van der Waals surface area (Å²) < 4.78 is 7.05. The van der Waals surface area contributed by atoms with Crippen molar-refractivity contribution in [1.82, 2.24) is 4.98 Å². The van der Waals surface area contributed by atoms with Gasteiger partial charge in [0, 0.05) is 61.5 Å². The number of H-pyrrole nitrogens is 1. The lowest BCUT2D eigenvalue weighted by atomic mass is 9.80. The van der Waals surface area contributed by atoms with E-state index in [2.05, 4.69) is 259 Å². The molecule has 0 spiro atoms. The first kappa shape index (κ1) is 45.8. The summed E-state index contributed by atoms with van der Waals surface area (Å²) in [6, 6.07) is 54.4. The van der Waals surface area contributed by atoms with Gasteiger partial charge >= 0.3 is 0 Å². The van der Waals surface area contributed by atoms with Crippen molar-refractivity contribution in [3.8, 4) is 33.6 Å². The van der Waals surface area contributed by atoms with Crippen molar-refractivity contribution in [2.75, 3.05) is 4.90 Å². The van der Waals surface area contributed by atoms with Gasteiger partial charge in [0.1, 0.15) is 11.3 Å². The highest BCUT2D eigenvalue weighted by Crippen LogP contribution is 2.48. The maximum absolute atomic E-state index is 7.05. The molecule has 0 aliphatic carbocycles. The van der Waals surface area contributed by atoms with E-state index in [1.807, 2.05) is 0 Å². The van der Waals surface area contributed by atoms with Gasteiger partial charge in [-0.2, -0.15) is 0 Å². The fourth-order valence-corrected chi connectivity index (χ4v) is 9.42. The summed E-state index contributed by atoms with van der Waals surface area (Å²) in [6.07, 6.45) is 0. The predicted molar refractivity (Wildman–Crippen MR) is 290 cm³/mol. The molecule has 0 fully saturated rings. The second-order valence-electron chi connectivity index (χ2n) is 24.2. The lowest BCUT2D eigenvalue weighted by Crippen LogP contribution is -2.19. The van der Waals surface area contributed by atoms with E-state index in [1.54, 1.807) is 0 Å². The zero-order chi connectivity index (χ0) is 48.0. The van der Waals surface area contributed by atoms with Crippen LogP contribution >= 0.6 is 0 Å². The number of nitrogens with one attached hydrogen (secondary N) is 1. The second-order valence-corrected chi connectivity index (χ2v) is 24.2. The molecule has 342 valence electrons. The SMILES string of the molecule is CC(C)(C)c1cc(-c2cc(C(C)(C)C)cc3c2[nH]c2ccc(C(C)(C)C)cc23)cc(N(c2cc(C(C)(C)C)cc(C(C)(C)C)c2)c2ccc3c(-c4ccccc4)c(-c4ccccc4)oc3c2)c1. The Morgan fingerprint density at radius 1 is 0.373 bits per heavy atom. The van der Waals surface area contributed by atoms with Crippen LogP contribution < -0.4 is 4.90 Å². The van der Waals surface area contributed by atoms with Crippen molar-refractivity contribution < 1.29 is 4.42 Å². The Hall–Kier alpha value is -6.32. The molecule has 0 radical (unpaired) electrons. The largest absolute Gasteiger partial charge is 0.455 e. The van der Waals surface area contributed by atoms with Crippen LogP contribution in [-0.2, 0) is 27.1 Å². The molecule has 2 aromatic heterocycles. The molecular formula is C64H70N2O. The molecule has 0 bridgehead atoms. The van der Waals surface area contributed by atoms with Gasteiger partial charge < -0.3 is 14.3 Å². The van der Waals surface area contributed by atoms with E-state index < -0.39 is 0 Å². The molecule has 1 N–H and O–H groups in total. The summed E-state index contributed by atoms with van der Waals surface area (Å²) in [5, 5.41) is 3.63. The number of fused-ring (bicyclic) bond motifs is 4. The van der Waals surface area contributed by atoms with Gasteiger partial charge in [-0.05, 0) is 127 Å². The molecule has 3 nitrogen and oxygen atoms in total. The Labute approximate surface area is 400 Å². The molecule has 0 saturated heterocycles. The van der Waals surface area contributed by atoms with Crippen molar-refractivity contribution in [3.63, 3.8) is 0 Å². The molecule has 0 unspecified atom stereocenters. The Morgan fingerprint density at radius 3 is 1.45 bits per heavy atom. The first-order chi connectivity index (χ1) is 31.3. The Bertz CT molecular complexity index is 3260. The van der Waals surface area contributed by atoms with Gasteiger partial charge in [-0.3, -0.25) is 0 Å². The standard InChI is InChI=1S/C64H70N2O/c1-60(2,3)43-26-29-55-53(36-43)54-38-47(64(13,14)15)37-52(58(54)65-55)42-30-44(61(4,5)6)33-49(31-42)66(50-34-45(62(7,8)9)32-46(35-50)63(10,11)12)48-27-28-51-56(39-48)67-59(41-24-20-17-21-25-41)57(51)40-22-18-16-19-23-40/h16-39,65H,1-15H3. The number of benzene rings is 7. The van der Waals surface area contributed by atoms with E-state index in [9.17, 15) is 0 Å². The van der Waals surface area contributed by atoms with Crippen LogP contribution in [0, 0.1) is 0 Å². The van der Waals surface area contributed by atoms with Crippen molar-refractivity contribution in [3.05, 3.63) is 173 Å². The van der Waals surface area contributed by atoms with Crippen molar-refractivity contribution in [1.29, 1.82) is 0 Å². The number of aromatic nitrogens is 1. The fraction of sp³-hybridized carbons (Fsp3) is 0.312. The van der Waals surface area contributed by atoms with Gasteiger partial charge in [0.25, 0.3) is 0 Å². The number of hydrogen-bond donors (Lipinski definition) is 1. The smallest absolute Gasteiger partial charge is 0.143 e. The maximum Gasteiger partial charge on any atom is 0.143 e. The molecule has 0 amide bonds. The van der Waals surface area contributed by atoms with Crippen LogP contribution in [0.25, 0.3) is 66.4 Å². The average molecular weight is 883 g/mol. The van der Waals surface area contributed by atoms with Crippen LogP contribution in [0.15, 0.2) is 150 Å². The minimum atomic E-state index is -0.150. The first-order valence-corrected chi connectivity index (χ1v) is 24.2. The molecular weight excluding hydrogens is 813 g/mol. The van der Waals surface area contributed by atoms with Gasteiger partial charge in [0.15, 0.2) is 0 Å². The molecule has 0 aliphatic heterocycles. The number of anilines is 3. The fourth-order valence-electron chi connectivity index (χ4n) is 9.42. The molecule has 2 heterocycles. The third kappa shape index (κ3) is 8.86. The van der Waals surface area contributed by atoms with Crippen molar-refractivity contribution >= 4 is 49.8 Å². The molecule has 3 heteroatoms. The summed E-state index contributed by atoms with van der Waals surface area (Å²) >= 11 is 0. The second kappa shape index (κ2) is 16.2. The zero-order valence-electron chi connectivity index (χ0n) is 42.7. The third-order valence-corrected chi connectivity index (χ3v) is 13.7. The Kier molecular flexibility index (Phi) is 11.1. The van der Waals surface area contributed by atoms with E-state index in [1.165, 1.54) is 55.2 Å². The van der Waals surface area contributed by atoms with Crippen molar-refractivity contribution in [2.45, 2.75) is 131 Å². The topological polar surface area (TPSA) is 32.2 Å². The number of hydrogen-bond acceptors (Lipinski definition) is 2. The zero-order valence-corrected chi connectivity index (χ0v) is 42.7. The molecule has 7 aromatic carbocycles. The summed E-state index contributed by atoms with van der Waals surface area (Å²) in [6.45, 7) is 34.8. The normalized spacial score (nSPS) is 13.0. The summed E-state index contributed by atoms with van der Waals surface area (Å²) in [7, 11) is 0. The highest BCUT2D eigenvalue weighted by molar-refractivity contribution is 6.13. The van der Waals surface area contributed by atoms with Gasteiger partial charge in [-0.15, -0.1) is 0 Å². The highest BCUT2D eigenvalue weighted by Gasteiger charge is 2.28. The monoisotopic (exact) mass is 883 g/mol. The van der Waals surface area contributed by atoms with E-state index in [-0.39, 0.29) is 27.1 Å². The number of aromatic amines is 1. The van der Waals surface area contributed by atoms with Crippen molar-refractivity contribution in [2.24, 2.45) is 0 Å². The van der Waals surface area contributed by atoms with Gasteiger partial charge in [0.05, 0.1) is 5.52 Å². The molecule has 9 rings (SSSR count). The van der Waals surface area contributed by atoms with Gasteiger partial charge in [0.2, 0.25) is 0 Å². The lowest BCUT2D eigenvalue weighted by molar-refractivity contribution is 0.568. The molecule has 67 heavy (non-hydrogen) atoms. The molecule has 0 aliphatic rings. The summed E-state index contributed by atoms with van der Waals surface area (Å²) in [4.78, 5) is 6.44. The van der Waals surface area contributed by atoms with Crippen LogP contribution in [0.2, 0.25) is 0 Å². The predicted octanol–water partition coefficient (Wildman–Crippen LogP) is 19.0. The third-order valence-electron chi connectivity index (χ3n) is 13.7. The lowest BCUT2D eigenvalue weighted by Gasteiger charge is -2.32. The summed E-state index contributed by atoms with van der Waals surface area (Å²) in [5.41, 5.74) is 18.3. The minimum Gasteiger partial charge on any atom is -0.455 e. The Balaban J connectivity index is 1.36. The summed E-state index contributed by atoms with van der Waals surface area (Å²) in [5.74, 6) is 0.878. The number of furan rings is 1. The minimum absolute atomic E-state index is 0.0314. The van der Waals surface area contributed by atoms with Crippen LogP contribution in [0.4, 0.5) is 17.1 Å². The number of rotatable bonds is 6. The van der Waals surface area contributed by atoms with E-state index in [0.29, 0.717) is 0 Å². The van der Waals surface area contributed by atoms with Crippen LogP contribution in [0.3, 0.4) is 0 Å². The molecule has 9 aromatic rings. The van der Waals surface area contributed by atoms with E-state index in [0.717, 1.165) is 56.0 Å². The van der Waals surface area contributed by atoms with Gasteiger partial charge in [-0.25, -0.2) is 0 Å². The molecule has 0 saturated carbocycles.